The monoisotopic (exact) mass is 457 g/mol. The predicted molar refractivity (Wildman–Crippen MR) is 124 cm³/mol. The Bertz CT molecular complexity index is 1050. The van der Waals surface area contributed by atoms with Crippen LogP contribution < -0.4 is 10.1 Å². The van der Waals surface area contributed by atoms with E-state index in [2.05, 4.69) is 5.32 Å². The van der Waals surface area contributed by atoms with Crippen LogP contribution in [0.1, 0.15) is 18.4 Å². The molecule has 0 spiro atoms. The molecule has 0 atom stereocenters. The maximum absolute atomic E-state index is 12.7. The van der Waals surface area contributed by atoms with Crippen LogP contribution in [0.2, 0.25) is 0 Å². The molecular weight excluding hydrogens is 438 g/mol. The van der Waals surface area contributed by atoms with Crippen molar-refractivity contribution in [1.82, 2.24) is 4.90 Å². The zero-order chi connectivity index (χ0) is 22.4. The summed E-state index contributed by atoms with van der Waals surface area (Å²) in [5, 5.41) is 13.4. The largest absolute Gasteiger partial charge is 0.497 e. The number of nitro groups is 1. The van der Waals surface area contributed by atoms with Crippen LogP contribution in [-0.2, 0) is 9.59 Å². The van der Waals surface area contributed by atoms with Crippen molar-refractivity contribution in [2.45, 2.75) is 12.8 Å². The van der Waals surface area contributed by atoms with Crippen LogP contribution in [0.15, 0.2) is 53.4 Å². The lowest BCUT2D eigenvalue weighted by Crippen LogP contribution is -2.29. The van der Waals surface area contributed by atoms with Crippen LogP contribution in [0.3, 0.4) is 0 Å². The molecule has 0 aliphatic carbocycles. The third-order valence-electron chi connectivity index (χ3n) is 4.41. The number of methoxy groups -OCH3 is 1. The molecule has 2 aromatic rings. The smallest absolute Gasteiger partial charge is 0.269 e. The molecule has 160 valence electrons. The van der Waals surface area contributed by atoms with Gasteiger partial charge in [0.2, 0.25) is 5.91 Å². The lowest BCUT2D eigenvalue weighted by Gasteiger charge is -2.14. The highest BCUT2D eigenvalue weighted by Gasteiger charge is 2.31. The van der Waals surface area contributed by atoms with Crippen LogP contribution in [-0.4, -0.2) is 39.6 Å². The number of benzene rings is 2. The first-order valence-corrected chi connectivity index (χ1v) is 10.5. The van der Waals surface area contributed by atoms with Crippen molar-refractivity contribution in [2.24, 2.45) is 0 Å². The van der Waals surface area contributed by atoms with Gasteiger partial charge in [-0.2, -0.15) is 0 Å². The first kappa shape index (κ1) is 22.4. The first-order chi connectivity index (χ1) is 14.9. The SMILES string of the molecule is COc1cccc(/C=C2\SC(=S)N(CCCC(=O)Nc3ccc([N+](=O)[O-])cc3)C2=O)c1. The fourth-order valence-electron chi connectivity index (χ4n) is 2.86. The number of thioether (sulfide) groups is 1. The molecule has 31 heavy (non-hydrogen) atoms. The molecule has 0 saturated carbocycles. The number of carbonyl (C=O) groups excluding carboxylic acids is 2. The Hall–Kier alpha value is -3.24. The predicted octanol–water partition coefficient (Wildman–Crippen LogP) is 4.22. The van der Waals surface area contributed by atoms with Gasteiger partial charge in [-0.3, -0.25) is 24.6 Å². The number of anilines is 1. The number of hydrogen-bond acceptors (Lipinski definition) is 7. The van der Waals surface area contributed by atoms with Gasteiger partial charge in [-0.25, -0.2) is 0 Å². The minimum absolute atomic E-state index is 0.0469. The number of nitro benzene ring substituents is 1. The maximum Gasteiger partial charge on any atom is 0.269 e. The van der Waals surface area contributed by atoms with Crippen molar-refractivity contribution in [2.75, 3.05) is 19.0 Å². The minimum Gasteiger partial charge on any atom is -0.497 e. The van der Waals surface area contributed by atoms with Gasteiger partial charge < -0.3 is 10.1 Å². The summed E-state index contributed by atoms with van der Waals surface area (Å²) >= 11 is 6.55. The van der Waals surface area contributed by atoms with Crippen molar-refractivity contribution in [3.63, 3.8) is 0 Å². The molecule has 0 radical (unpaired) electrons. The summed E-state index contributed by atoms with van der Waals surface area (Å²) in [5.41, 5.74) is 1.26. The molecule has 0 bridgehead atoms. The highest BCUT2D eigenvalue weighted by Crippen LogP contribution is 2.33. The van der Waals surface area contributed by atoms with Crippen molar-refractivity contribution in [1.29, 1.82) is 0 Å². The van der Waals surface area contributed by atoms with E-state index in [9.17, 15) is 19.7 Å². The molecule has 1 aliphatic rings. The Morgan fingerprint density at radius 3 is 2.71 bits per heavy atom. The van der Waals surface area contributed by atoms with Gasteiger partial charge in [-0.05, 0) is 42.3 Å². The Labute approximate surface area is 188 Å². The summed E-state index contributed by atoms with van der Waals surface area (Å²) in [7, 11) is 1.58. The number of carbonyl (C=O) groups is 2. The highest BCUT2D eigenvalue weighted by molar-refractivity contribution is 8.26. The molecule has 10 heteroatoms. The summed E-state index contributed by atoms with van der Waals surface area (Å²) in [6, 6.07) is 13.0. The number of non-ortho nitro benzene ring substituents is 1. The van der Waals surface area contributed by atoms with Gasteiger partial charge in [0.1, 0.15) is 10.1 Å². The summed E-state index contributed by atoms with van der Waals surface area (Å²) in [5.74, 6) is 0.267. The molecule has 2 aromatic carbocycles. The molecule has 3 rings (SSSR count). The average Bonchev–Trinajstić information content (AvgIpc) is 3.01. The number of hydrogen-bond donors (Lipinski definition) is 1. The Morgan fingerprint density at radius 1 is 1.29 bits per heavy atom. The second-order valence-corrected chi connectivity index (χ2v) is 8.24. The third-order valence-corrected chi connectivity index (χ3v) is 5.79. The van der Waals surface area contributed by atoms with Crippen LogP contribution in [0, 0.1) is 10.1 Å². The quantitative estimate of drug-likeness (QED) is 0.274. The van der Waals surface area contributed by atoms with Crippen LogP contribution in [0.4, 0.5) is 11.4 Å². The van der Waals surface area contributed by atoms with Crippen molar-refractivity contribution < 1.29 is 19.2 Å². The van der Waals surface area contributed by atoms with Crippen molar-refractivity contribution >= 4 is 57.6 Å². The third kappa shape index (κ3) is 5.89. The van der Waals surface area contributed by atoms with E-state index in [0.717, 1.165) is 5.56 Å². The molecule has 8 nitrogen and oxygen atoms in total. The van der Waals surface area contributed by atoms with Gasteiger partial charge >= 0.3 is 0 Å². The summed E-state index contributed by atoms with van der Waals surface area (Å²) in [6.07, 6.45) is 2.38. The van der Waals surface area contributed by atoms with E-state index < -0.39 is 4.92 Å². The molecule has 0 unspecified atom stereocenters. The van der Waals surface area contributed by atoms with Crippen LogP contribution in [0.25, 0.3) is 6.08 Å². The Morgan fingerprint density at radius 2 is 2.03 bits per heavy atom. The Kier molecular flexibility index (Phi) is 7.37. The summed E-state index contributed by atoms with van der Waals surface area (Å²) < 4.78 is 5.65. The van der Waals surface area contributed by atoms with E-state index >= 15 is 0 Å². The van der Waals surface area contributed by atoms with E-state index in [4.69, 9.17) is 17.0 Å². The van der Waals surface area contributed by atoms with Gasteiger partial charge in [-0.1, -0.05) is 36.1 Å². The van der Waals surface area contributed by atoms with Gasteiger partial charge in [0.05, 0.1) is 16.9 Å². The van der Waals surface area contributed by atoms with E-state index in [1.807, 2.05) is 24.3 Å². The summed E-state index contributed by atoms with van der Waals surface area (Å²) in [6.45, 7) is 0.327. The van der Waals surface area contributed by atoms with Gasteiger partial charge in [0.25, 0.3) is 11.6 Å². The lowest BCUT2D eigenvalue weighted by atomic mass is 10.2. The van der Waals surface area contributed by atoms with Crippen LogP contribution >= 0.6 is 24.0 Å². The number of ether oxygens (including phenoxy) is 1. The fourth-order valence-corrected chi connectivity index (χ4v) is 4.17. The topological polar surface area (TPSA) is 102 Å². The number of thiocarbonyl (C=S) groups is 1. The second kappa shape index (κ2) is 10.2. The van der Waals surface area contributed by atoms with Crippen molar-refractivity contribution in [3.8, 4) is 5.75 Å². The number of nitrogens with one attached hydrogen (secondary N) is 1. The highest BCUT2D eigenvalue weighted by atomic mass is 32.2. The normalized spacial score (nSPS) is 14.7. The molecule has 1 fully saturated rings. The average molecular weight is 458 g/mol. The molecule has 1 aliphatic heterocycles. The fraction of sp³-hybridized carbons (Fsp3) is 0.190. The molecule has 1 heterocycles. The Balaban J connectivity index is 1.52. The van der Waals surface area contributed by atoms with E-state index in [-0.39, 0.29) is 23.9 Å². The summed E-state index contributed by atoms with van der Waals surface area (Å²) in [4.78, 5) is 37.0. The van der Waals surface area contributed by atoms with E-state index in [0.29, 0.717) is 33.6 Å². The van der Waals surface area contributed by atoms with Gasteiger partial charge in [0.15, 0.2) is 0 Å². The van der Waals surface area contributed by atoms with Gasteiger partial charge in [-0.15, -0.1) is 0 Å². The molecular formula is C21H19N3O5S2. The first-order valence-electron chi connectivity index (χ1n) is 9.31. The van der Waals surface area contributed by atoms with E-state index in [1.54, 1.807) is 13.2 Å². The number of nitrogens with zero attached hydrogens (tertiary/aromatic N) is 2. The minimum atomic E-state index is -0.503. The molecule has 1 N–H and O–H groups in total. The van der Waals surface area contributed by atoms with Gasteiger partial charge in [0, 0.05) is 30.8 Å². The maximum atomic E-state index is 12.7. The molecule has 0 aromatic heterocycles. The van der Waals surface area contributed by atoms with Crippen molar-refractivity contribution in [3.05, 3.63) is 69.1 Å². The van der Waals surface area contributed by atoms with E-state index in [1.165, 1.54) is 40.9 Å². The standard InChI is InChI=1S/C21H19N3O5S2/c1-29-17-5-2-4-14(12-17)13-18-20(26)23(21(30)31-18)11-3-6-19(25)22-15-7-9-16(10-8-15)24(27)28/h2,4-5,7-10,12-13H,3,6,11H2,1H3,(H,22,25)/b18-13-. The lowest BCUT2D eigenvalue weighted by molar-refractivity contribution is -0.384. The number of rotatable bonds is 8. The van der Waals surface area contributed by atoms with Crippen LogP contribution in [0.5, 0.6) is 5.75 Å². The zero-order valence-electron chi connectivity index (χ0n) is 16.6. The molecule has 2 amide bonds. The zero-order valence-corrected chi connectivity index (χ0v) is 18.2. The molecule has 1 saturated heterocycles. The second-order valence-electron chi connectivity index (χ2n) is 6.57. The number of amides is 2.